The first kappa shape index (κ1) is 60.4. The lowest BCUT2D eigenvalue weighted by Crippen LogP contribution is -2.30. The Morgan fingerprint density at radius 2 is 0.613 bits per heavy atom. The third kappa shape index (κ3) is 47.9. The lowest BCUT2D eigenvalue weighted by atomic mass is 9.99. The second-order valence-electron chi connectivity index (χ2n) is 19.9. The summed E-state index contributed by atoms with van der Waals surface area (Å²) in [7, 11) is 0. The summed E-state index contributed by atoms with van der Waals surface area (Å²) in [5, 5.41) is 0. The van der Waals surface area contributed by atoms with Crippen molar-refractivity contribution in [3.8, 4) is 0 Å². The average molecular weight is 877 g/mol. The number of ether oxygens (including phenoxy) is 3. The molecule has 0 fully saturated rings. The summed E-state index contributed by atoms with van der Waals surface area (Å²) in [6.45, 7) is 11.4. The molecule has 2 atom stereocenters. The number of rotatable bonds is 50. The third-order valence-electron chi connectivity index (χ3n) is 13.1. The van der Waals surface area contributed by atoms with Crippen LogP contribution in [0.25, 0.3) is 0 Å². The maximum absolute atomic E-state index is 12.8. The summed E-state index contributed by atoms with van der Waals surface area (Å²) in [5.74, 6) is 0.871. The fraction of sp³-hybridized carbons (Fsp3) is 0.946. The molecule has 0 heterocycles. The summed E-state index contributed by atoms with van der Waals surface area (Å²) in [6.07, 6.45) is 50.8. The standard InChI is InChI=1S/C56H108O6/c1-6-8-9-10-11-12-13-16-20-26-31-36-41-46-54(57)60-49-53(50-61-55(58)47-42-37-32-27-23-22-25-30-35-40-45-52(5)7-2)62-56(59)48-43-38-33-28-21-18-15-14-17-19-24-29-34-39-44-51(3)4/h51-53H,6-50H2,1-5H3/t52?,53-/m1/s1. The number of carbonyl (C=O) groups excluding carboxylic acids is 3. The Hall–Kier alpha value is -1.59. The summed E-state index contributed by atoms with van der Waals surface area (Å²) in [4.78, 5) is 38.1. The summed E-state index contributed by atoms with van der Waals surface area (Å²) in [6, 6.07) is 0. The van der Waals surface area contributed by atoms with E-state index in [1.54, 1.807) is 0 Å². The highest BCUT2D eigenvalue weighted by Crippen LogP contribution is 2.18. The third-order valence-corrected chi connectivity index (χ3v) is 13.1. The molecule has 0 saturated carbocycles. The Morgan fingerprint density at radius 1 is 0.339 bits per heavy atom. The van der Waals surface area contributed by atoms with Crippen LogP contribution in [-0.2, 0) is 28.6 Å². The van der Waals surface area contributed by atoms with Crippen molar-refractivity contribution >= 4 is 17.9 Å². The molecule has 0 spiro atoms. The molecule has 0 rings (SSSR count). The Labute approximate surface area is 387 Å². The van der Waals surface area contributed by atoms with Gasteiger partial charge in [0.05, 0.1) is 0 Å². The molecule has 368 valence electrons. The van der Waals surface area contributed by atoms with Crippen molar-refractivity contribution < 1.29 is 28.6 Å². The SMILES string of the molecule is CCCCCCCCCCCCCCCC(=O)OC[C@H](COC(=O)CCCCCCCCCCCCC(C)CC)OC(=O)CCCCCCCCCCCCCCCCC(C)C. The van der Waals surface area contributed by atoms with Crippen LogP contribution in [0.4, 0.5) is 0 Å². The fourth-order valence-corrected chi connectivity index (χ4v) is 8.49. The smallest absolute Gasteiger partial charge is 0.306 e. The minimum Gasteiger partial charge on any atom is -0.462 e. The lowest BCUT2D eigenvalue weighted by molar-refractivity contribution is -0.167. The molecule has 0 saturated heterocycles. The number of esters is 3. The summed E-state index contributed by atoms with van der Waals surface area (Å²) < 4.78 is 16.9. The summed E-state index contributed by atoms with van der Waals surface area (Å²) >= 11 is 0. The van der Waals surface area contributed by atoms with Gasteiger partial charge in [0.25, 0.3) is 0 Å². The van der Waals surface area contributed by atoms with Crippen molar-refractivity contribution in [2.75, 3.05) is 13.2 Å². The zero-order valence-electron chi connectivity index (χ0n) is 42.5. The van der Waals surface area contributed by atoms with Crippen molar-refractivity contribution in [2.24, 2.45) is 11.8 Å². The molecule has 0 aliphatic heterocycles. The van der Waals surface area contributed by atoms with Gasteiger partial charge in [-0.2, -0.15) is 0 Å². The normalized spacial score (nSPS) is 12.5. The molecule has 6 nitrogen and oxygen atoms in total. The van der Waals surface area contributed by atoms with E-state index in [4.69, 9.17) is 14.2 Å². The van der Waals surface area contributed by atoms with Gasteiger partial charge in [-0.15, -0.1) is 0 Å². The maximum Gasteiger partial charge on any atom is 0.306 e. The molecule has 6 heteroatoms. The van der Waals surface area contributed by atoms with Crippen LogP contribution in [0, 0.1) is 11.8 Å². The minimum atomic E-state index is -0.762. The van der Waals surface area contributed by atoms with Gasteiger partial charge in [-0.05, 0) is 31.1 Å². The van der Waals surface area contributed by atoms with Crippen LogP contribution in [0.1, 0.15) is 311 Å². The monoisotopic (exact) mass is 877 g/mol. The van der Waals surface area contributed by atoms with Crippen molar-refractivity contribution in [3.05, 3.63) is 0 Å². The number of unbranched alkanes of at least 4 members (excludes halogenated alkanes) is 34. The molecule has 0 aromatic heterocycles. The van der Waals surface area contributed by atoms with E-state index in [2.05, 4.69) is 34.6 Å². The van der Waals surface area contributed by atoms with E-state index in [0.717, 1.165) is 69.6 Å². The van der Waals surface area contributed by atoms with Crippen LogP contribution in [0.3, 0.4) is 0 Å². The summed E-state index contributed by atoms with van der Waals surface area (Å²) in [5.41, 5.74) is 0. The van der Waals surface area contributed by atoms with Gasteiger partial charge in [0.15, 0.2) is 6.10 Å². The van der Waals surface area contributed by atoms with Gasteiger partial charge in [-0.25, -0.2) is 0 Å². The Kier molecular flexibility index (Phi) is 47.6. The van der Waals surface area contributed by atoms with Gasteiger partial charge in [-0.3, -0.25) is 14.4 Å². The van der Waals surface area contributed by atoms with Crippen molar-refractivity contribution in [3.63, 3.8) is 0 Å². The van der Waals surface area contributed by atoms with E-state index in [0.29, 0.717) is 19.3 Å². The van der Waals surface area contributed by atoms with Gasteiger partial charge in [0, 0.05) is 19.3 Å². The molecule has 0 radical (unpaired) electrons. The minimum absolute atomic E-state index is 0.0630. The van der Waals surface area contributed by atoms with Crippen LogP contribution in [0.2, 0.25) is 0 Å². The fourth-order valence-electron chi connectivity index (χ4n) is 8.49. The topological polar surface area (TPSA) is 78.9 Å². The molecular weight excluding hydrogens is 769 g/mol. The highest BCUT2D eigenvalue weighted by Gasteiger charge is 2.19. The Morgan fingerprint density at radius 3 is 0.919 bits per heavy atom. The molecule has 0 N–H and O–H groups in total. The zero-order valence-corrected chi connectivity index (χ0v) is 42.5. The van der Waals surface area contributed by atoms with E-state index < -0.39 is 6.10 Å². The highest BCUT2D eigenvalue weighted by atomic mass is 16.6. The lowest BCUT2D eigenvalue weighted by Gasteiger charge is -2.18. The van der Waals surface area contributed by atoms with Crippen molar-refractivity contribution in [1.29, 1.82) is 0 Å². The van der Waals surface area contributed by atoms with Crippen LogP contribution in [-0.4, -0.2) is 37.2 Å². The second kappa shape index (κ2) is 48.9. The van der Waals surface area contributed by atoms with Crippen molar-refractivity contribution in [2.45, 2.75) is 317 Å². The van der Waals surface area contributed by atoms with Gasteiger partial charge in [-0.1, -0.05) is 272 Å². The predicted octanol–water partition coefficient (Wildman–Crippen LogP) is 18.1. The van der Waals surface area contributed by atoms with Gasteiger partial charge in [0.2, 0.25) is 0 Å². The number of hydrogen-bond donors (Lipinski definition) is 0. The highest BCUT2D eigenvalue weighted by molar-refractivity contribution is 5.71. The second-order valence-corrected chi connectivity index (χ2v) is 19.9. The van der Waals surface area contributed by atoms with E-state index >= 15 is 0 Å². The molecule has 62 heavy (non-hydrogen) atoms. The van der Waals surface area contributed by atoms with Crippen molar-refractivity contribution in [1.82, 2.24) is 0 Å². The number of carbonyl (C=O) groups is 3. The molecule has 0 aromatic carbocycles. The predicted molar refractivity (Wildman–Crippen MR) is 266 cm³/mol. The molecule has 0 aliphatic rings. The maximum atomic E-state index is 12.8. The van der Waals surface area contributed by atoms with Crippen LogP contribution < -0.4 is 0 Å². The zero-order chi connectivity index (χ0) is 45.4. The quantitative estimate of drug-likeness (QED) is 0.0344. The van der Waals surface area contributed by atoms with Gasteiger partial charge in [0.1, 0.15) is 13.2 Å². The molecule has 0 bridgehead atoms. The van der Waals surface area contributed by atoms with Crippen LogP contribution in [0.15, 0.2) is 0 Å². The first-order valence-corrected chi connectivity index (χ1v) is 27.8. The average Bonchev–Trinajstić information content (AvgIpc) is 3.26. The first-order valence-electron chi connectivity index (χ1n) is 27.8. The molecule has 0 aliphatic carbocycles. The Bertz CT molecular complexity index is 949. The molecular formula is C56H108O6. The Balaban J connectivity index is 4.31. The molecule has 0 aromatic rings. The first-order chi connectivity index (χ1) is 30.3. The van der Waals surface area contributed by atoms with Crippen LogP contribution in [0.5, 0.6) is 0 Å². The van der Waals surface area contributed by atoms with E-state index in [9.17, 15) is 14.4 Å². The van der Waals surface area contributed by atoms with Gasteiger partial charge >= 0.3 is 17.9 Å². The van der Waals surface area contributed by atoms with Crippen LogP contribution >= 0.6 is 0 Å². The molecule has 0 amide bonds. The van der Waals surface area contributed by atoms with E-state index in [1.807, 2.05) is 0 Å². The van der Waals surface area contributed by atoms with E-state index in [-0.39, 0.29) is 31.1 Å². The molecule has 1 unspecified atom stereocenters. The van der Waals surface area contributed by atoms with E-state index in [1.165, 1.54) is 199 Å². The number of hydrogen-bond acceptors (Lipinski definition) is 6. The van der Waals surface area contributed by atoms with Gasteiger partial charge < -0.3 is 14.2 Å². The largest absolute Gasteiger partial charge is 0.462 e.